The first-order chi connectivity index (χ1) is 10.5. The first-order valence-corrected chi connectivity index (χ1v) is 7.17. The number of rotatable bonds is 9. The van der Waals surface area contributed by atoms with Crippen LogP contribution < -0.4 is 5.32 Å². The van der Waals surface area contributed by atoms with Crippen LogP contribution in [-0.2, 0) is 19.1 Å². The Labute approximate surface area is 130 Å². The molecule has 0 aliphatic rings. The number of ether oxygens (including phenoxy) is 1. The zero-order chi connectivity index (χ0) is 16.5. The van der Waals surface area contributed by atoms with Crippen LogP contribution in [0.25, 0.3) is 5.53 Å². The maximum Gasteiger partial charge on any atom is 0.326 e. The summed E-state index contributed by atoms with van der Waals surface area (Å²) in [7, 11) is 1.35. The normalized spacial score (nSPS) is 12.8. The number of nitrogens with one attached hydrogen (secondary N) is 1. The van der Waals surface area contributed by atoms with Crippen LogP contribution in [0.2, 0.25) is 0 Å². The number of nitrogens with zero attached hydrogens (tertiary/aromatic N) is 2. The van der Waals surface area contributed by atoms with Gasteiger partial charge in [-0.25, -0.2) is 4.79 Å². The summed E-state index contributed by atoms with van der Waals surface area (Å²) in [6.45, 7) is 0. The molecule has 0 bridgehead atoms. The predicted octanol–water partition coefficient (Wildman–Crippen LogP) is 0.655. The zero-order valence-electron chi connectivity index (χ0n) is 11.8. The number of Topliss-reactive ketones (excluding diaryl/α,β-unsaturated/α-hetero) is 1. The Bertz CT molecular complexity index is 581. The molecule has 0 fully saturated rings. The van der Waals surface area contributed by atoms with E-state index >= 15 is 0 Å². The number of aliphatic carboxylic acids is 1. The third-order valence-electron chi connectivity index (χ3n) is 2.77. The van der Waals surface area contributed by atoms with Crippen LogP contribution in [0.5, 0.6) is 0 Å². The molecule has 8 nitrogen and oxygen atoms in total. The molecular weight excluding hydrogens is 310 g/mol. The van der Waals surface area contributed by atoms with Gasteiger partial charge >= 0.3 is 12.2 Å². The van der Waals surface area contributed by atoms with Gasteiger partial charge < -0.3 is 20.7 Å². The third-order valence-corrected chi connectivity index (χ3v) is 3.69. The van der Waals surface area contributed by atoms with E-state index in [0.29, 0.717) is 11.1 Å². The fourth-order valence-corrected chi connectivity index (χ4v) is 2.51. The molecule has 22 heavy (non-hydrogen) atoms. The van der Waals surface area contributed by atoms with E-state index < -0.39 is 29.8 Å². The molecule has 1 aromatic heterocycles. The van der Waals surface area contributed by atoms with Crippen LogP contribution in [0.4, 0.5) is 0 Å². The van der Waals surface area contributed by atoms with Crippen molar-refractivity contribution >= 4 is 35.2 Å². The topological polar surface area (TPSA) is 129 Å². The quantitative estimate of drug-likeness (QED) is 0.391. The summed E-state index contributed by atoms with van der Waals surface area (Å²) < 4.78 is 5.09. The molecule has 2 atom stereocenters. The molecule has 0 radical (unpaired) electrons. The van der Waals surface area contributed by atoms with Gasteiger partial charge in [-0.15, -0.1) is 11.3 Å². The molecule has 0 aliphatic heterocycles. The lowest BCUT2D eigenvalue weighted by atomic mass is 10.1. The molecule has 0 saturated heterocycles. The monoisotopic (exact) mass is 325 g/mol. The lowest BCUT2D eigenvalue weighted by molar-refractivity contribution is -0.144. The standard InChI is InChI=1S/C13H15N3O5S/c1-21-11(10-3-2-6-22-10)12(18)16-9(13(19)20)5-4-8(17)7-15-14/h2-3,6-7,9,11H,4-5H2,1H3,(H,16,18)(H,19,20)/t9-,11-/m0/s1. The van der Waals surface area contributed by atoms with E-state index in [9.17, 15) is 14.4 Å². The van der Waals surface area contributed by atoms with Gasteiger partial charge in [0.15, 0.2) is 6.10 Å². The van der Waals surface area contributed by atoms with Crippen molar-refractivity contribution in [3.8, 4) is 0 Å². The fourth-order valence-electron chi connectivity index (χ4n) is 1.71. The number of carbonyl (C=O) groups excluding carboxylic acids is 2. The molecule has 0 spiro atoms. The number of carboxylic acid groups (broad SMARTS) is 1. The number of carbonyl (C=O) groups is 3. The molecule has 0 aromatic carbocycles. The average Bonchev–Trinajstić information content (AvgIpc) is 2.98. The first-order valence-electron chi connectivity index (χ1n) is 6.29. The summed E-state index contributed by atoms with van der Waals surface area (Å²) in [6, 6.07) is 2.22. The van der Waals surface area contributed by atoms with Crippen molar-refractivity contribution in [2.45, 2.75) is 25.0 Å². The van der Waals surface area contributed by atoms with Crippen LogP contribution in [0.3, 0.4) is 0 Å². The highest BCUT2D eigenvalue weighted by molar-refractivity contribution is 7.10. The van der Waals surface area contributed by atoms with Gasteiger partial charge in [-0.2, -0.15) is 4.79 Å². The van der Waals surface area contributed by atoms with Gasteiger partial charge in [0.2, 0.25) is 5.78 Å². The maximum absolute atomic E-state index is 12.1. The van der Waals surface area contributed by atoms with Gasteiger partial charge in [-0.05, 0) is 17.9 Å². The van der Waals surface area contributed by atoms with Crippen LogP contribution in [0, 0.1) is 0 Å². The summed E-state index contributed by atoms with van der Waals surface area (Å²) in [4.78, 5) is 37.7. The van der Waals surface area contributed by atoms with E-state index in [4.69, 9.17) is 15.4 Å². The van der Waals surface area contributed by atoms with Gasteiger partial charge in [0.05, 0.1) is 0 Å². The fraction of sp³-hybridized carbons (Fsp3) is 0.385. The van der Waals surface area contributed by atoms with Crippen molar-refractivity contribution in [2.24, 2.45) is 0 Å². The minimum Gasteiger partial charge on any atom is -0.480 e. The minimum atomic E-state index is -1.26. The highest BCUT2D eigenvalue weighted by atomic mass is 32.1. The van der Waals surface area contributed by atoms with Crippen LogP contribution in [0.15, 0.2) is 17.5 Å². The molecule has 118 valence electrons. The van der Waals surface area contributed by atoms with E-state index in [1.165, 1.54) is 18.4 Å². The summed E-state index contributed by atoms with van der Waals surface area (Å²) in [5.74, 6) is -2.40. The summed E-state index contributed by atoms with van der Waals surface area (Å²) >= 11 is 1.31. The number of methoxy groups -OCH3 is 1. The van der Waals surface area contributed by atoms with Crippen molar-refractivity contribution in [1.82, 2.24) is 5.32 Å². The Morgan fingerprint density at radius 3 is 2.77 bits per heavy atom. The number of ketones is 1. The summed E-state index contributed by atoms with van der Waals surface area (Å²) in [5.41, 5.74) is 8.21. The van der Waals surface area contributed by atoms with Crippen LogP contribution >= 0.6 is 11.3 Å². The van der Waals surface area contributed by atoms with Crippen molar-refractivity contribution in [3.63, 3.8) is 0 Å². The van der Waals surface area contributed by atoms with Gasteiger partial charge in [0.1, 0.15) is 6.04 Å². The highest BCUT2D eigenvalue weighted by Crippen LogP contribution is 2.22. The Morgan fingerprint density at radius 1 is 1.55 bits per heavy atom. The summed E-state index contributed by atoms with van der Waals surface area (Å²) in [6.07, 6.45) is -0.508. The lowest BCUT2D eigenvalue weighted by Crippen LogP contribution is -2.43. The Kier molecular flexibility index (Phi) is 7.11. The molecule has 1 aromatic rings. The molecule has 0 saturated carbocycles. The molecule has 1 amide bonds. The smallest absolute Gasteiger partial charge is 0.326 e. The predicted molar refractivity (Wildman–Crippen MR) is 77.6 cm³/mol. The molecular formula is C13H15N3O5S. The highest BCUT2D eigenvalue weighted by Gasteiger charge is 2.27. The lowest BCUT2D eigenvalue weighted by Gasteiger charge is -2.18. The van der Waals surface area contributed by atoms with Gasteiger partial charge in [0.25, 0.3) is 5.91 Å². The van der Waals surface area contributed by atoms with E-state index in [-0.39, 0.29) is 12.8 Å². The molecule has 1 rings (SSSR count). The third kappa shape index (κ3) is 5.21. The largest absolute Gasteiger partial charge is 0.480 e. The number of carboxylic acids is 1. The summed E-state index contributed by atoms with van der Waals surface area (Å²) in [5, 5.41) is 13.2. The Hall–Kier alpha value is -2.35. The minimum absolute atomic E-state index is 0.118. The molecule has 0 unspecified atom stereocenters. The van der Waals surface area contributed by atoms with Crippen LogP contribution in [0.1, 0.15) is 23.8 Å². The van der Waals surface area contributed by atoms with E-state index in [1.54, 1.807) is 17.5 Å². The maximum atomic E-state index is 12.1. The Balaban J connectivity index is 2.69. The number of amides is 1. The second-order valence-corrected chi connectivity index (χ2v) is 5.26. The molecule has 2 N–H and O–H groups in total. The SMILES string of the molecule is CO[C@H](C(=O)N[C@@H](CCC(=O)C=[N+]=[N-])C(=O)O)c1cccs1. The molecule has 9 heteroatoms. The van der Waals surface area contributed by atoms with Gasteiger partial charge in [-0.3, -0.25) is 9.59 Å². The van der Waals surface area contributed by atoms with Crippen molar-refractivity contribution in [1.29, 1.82) is 0 Å². The second kappa shape index (κ2) is 8.83. The van der Waals surface area contributed by atoms with Gasteiger partial charge in [0, 0.05) is 18.4 Å². The van der Waals surface area contributed by atoms with Crippen molar-refractivity contribution in [2.75, 3.05) is 7.11 Å². The van der Waals surface area contributed by atoms with Crippen molar-refractivity contribution in [3.05, 3.63) is 27.9 Å². The second-order valence-electron chi connectivity index (χ2n) is 4.28. The van der Waals surface area contributed by atoms with E-state index in [1.807, 2.05) is 0 Å². The average molecular weight is 325 g/mol. The first kappa shape index (κ1) is 17.7. The zero-order valence-corrected chi connectivity index (χ0v) is 12.6. The number of hydrogen-bond donors (Lipinski definition) is 2. The van der Waals surface area contributed by atoms with Crippen LogP contribution in [-0.4, -0.2) is 46.9 Å². The molecule has 0 aliphatic carbocycles. The number of thiophene rings is 1. The number of hydrogen-bond acceptors (Lipinski definition) is 5. The van der Waals surface area contributed by atoms with Gasteiger partial charge in [-0.1, -0.05) is 6.07 Å². The molecule has 1 heterocycles. The van der Waals surface area contributed by atoms with E-state index in [0.717, 1.165) is 0 Å². The van der Waals surface area contributed by atoms with E-state index in [2.05, 4.69) is 10.1 Å². The van der Waals surface area contributed by atoms with Crippen molar-refractivity contribution < 1.29 is 29.0 Å². The Morgan fingerprint density at radius 2 is 2.27 bits per heavy atom.